The number of carbonyl (C=O) groups is 2. The van der Waals surface area contributed by atoms with Crippen molar-refractivity contribution in [3.63, 3.8) is 0 Å². The van der Waals surface area contributed by atoms with Gasteiger partial charge in [-0.1, -0.05) is 12.1 Å². The van der Waals surface area contributed by atoms with Gasteiger partial charge >= 0.3 is 12.1 Å². The molecule has 0 fully saturated rings. The molecule has 0 saturated heterocycles. The molecule has 9 heteroatoms. The van der Waals surface area contributed by atoms with Crippen molar-refractivity contribution in [1.82, 2.24) is 5.32 Å². The number of nitrogens with two attached hydrogens (primary N) is 1. The molecule has 4 N–H and O–H groups in total. The second-order valence-corrected chi connectivity index (χ2v) is 7.50. The largest absolute Gasteiger partial charge is 0.480 e. The van der Waals surface area contributed by atoms with E-state index in [0.29, 0.717) is 5.56 Å². The molecule has 0 bridgehead atoms. The molecule has 23 heavy (non-hydrogen) atoms. The highest BCUT2D eigenvalue weighted by molar-refractivity contribution is 7.89. The minimum absolute atomic E-state index is 0.113. The number of ether oxygens (including phenoxy) is 1. The van der Waals surface area contributed by atoms with Gasteiger partial charge in [0.1, 0.15) is 11.6 Å². The van der Waals surface area contributed by atoms with Crippen LogP contribution in [0.25, 0.3) is 0 Å². The number of alkyl carbamates (subject to hydrolysis) is 1. The van der Waals surface area contributed by atoms with Gasteiger partial charge in [-0.05, 0) is 38.5 Å². The minimum atomic E-state index is -3.89. The summed E-state index contributed by atoms with van der Waals surface area (Å²) in [6, 6.07) is 4.29. The Morgan fingerprint density at radius 3 is 2.43 bits per heavy atom. The van der Waals surface area contributed by atoms with Gasteiger partial charge in [0.25, 0.3) is 0 Å². The van der Waals surface area contributed by atoms with E-state index in [9.17, 15) is 23.1 Å². The number of sulfonamides is 1. The smallest absolute Gasteiger partial charge is 0.408 e. The summed E-state index contributed by atoms with van der Waals surface area (Å²) in [7, 11) is -3.89. The number of benzene rings is 1. The summed E-state index contributed by atoms with van der Waals surface area (Å²) >= 11 is 0. The molecule has 0 aromatic heterocycles. The summed E-state index contributed by atoms with van der Waals surface area (Å²) < 4.78 is 27.6. The molecule has 0 aliphatic heterocycles. The number of carboxylic acid groups (broad SMARTS) is 1. The van der Waals surface area contributed by atoms with Crippen molar-refractivity contribution in [3.8, 4) is 0 Å². The lowest BCUT2D eigenvalue weighted by Gasteiger charge is -2.22. The van der Waals surface area contributed by atoms with Crippen molar-refractivity contribution in [2.75, 3.05) is 0 Å². The van der Waals surface area contributed by atoms with Gasteiger partial charge in [0.05, 0.1) is 4.90 Å². The lowest BCUT2D eigenvalue weighted by molar-refractivity contribution is -0.139. The average Bonchev–Trinajstić information content (AvgIpc) is 2.35. The van der Waals surface area contributed by atoms with Gasteiger partial charge in [-0.25, -0.2) is 23.1 Å². The molecule has 0 saturated carbocycles. The van der Waals surface area contributed by atoms with E-state index in [1.165, 1.54) is 18.2 Å². The zero-order valence-electron chi connectivity index (χ0n) is 13.1. The summed E-state index contributed by atoms with van der Waals surface area (Å²) in [4.78, 5) is 22.8. The van der Waals surface area contributed by atoms with Crippen LogP contribution < -0.4 is 10.5 Å². The fraction of sp³-hybridized carbons (Fsp3) is 0.429. The lowest BCUT2D eigenvalue weighted by Crippen LogP contribution is -2.44. The second kappa shape index (κ2) is 6.97. The molecule has 1 aromatic carbocycles. The first-order valence-electron chi connectivity index (χ1n) is 6.72. The Morgan fingerprint density at radius 1 is 1.35 bits per heavy atom. The number of nitrogens with one attached hydrogen (secondary N) is 1. The zero-order chi connectivity index (χ0) is 17.8. The molecule has 0 radical (unpaired) electrons. The van der Waals surface area contributed by atoms with Crippen LogP contribution in [0.1, 0.15) is 26.3 Å². The number of hydrogen-bond acceptors (Lipinski definition) is 5. The highest BCUT2D eigenvalue weighted by Crippen LogP contribution is 2.12. The van der Waals surface area contributed by atoms with Crippen LogP contribution in [0.4, 0.5) is 4.79 Å². The van der Waals surface area contributed by atoms with Crippen molar-refractivity contribution in [1.29, 1.82) is 0 Å². The maximum Gasteiger partial charge on any atom is 0.408 e. The van der Waals surface area contributed by atoms with Crippen molar-refractivity contribution >= 4 is 22.1 Å². The number of amides is 1. The van der Waals surface area contributed by atoms with E-state index in [1.807, 2.05) is 0 Å². The maximum absolute atomic E-state index is 11.7. The van der Waals surface area contributed by atoms with Gasteiger partial charge in [-0.2, -0.15) is 0 Å². The molecule has 8 nitrogen and oxygen atoms in total. The zero-order valence-corrected chi connectivity index (χ0v) is 13.9. The first-order chi connectivity index (χ1) is 10.4. The van der Waals surface area contributed by atoms with Crippen molar-refractivity contribution in [2.24, 2.45) is 5.14 Å². The second-order valence-electron chi connectivity index (χ2n) is 5.93. The highest BCUT2D eigenvalue weighted by Gasteiger charge is 2.24. The van der Waals surface area contributed by atoms with Crippen LogP contribution in [0, 0.1) is 0 Å². The van der Waals surface area contributed by atoms with Crippen LogP contribution in [-0.4, -0.2) is 37.2 Å². The van der Waals surface area contributed by atoms with E-state index in [2.05, 4.69) is 5.32 Å². The third-order valence-corrected chi connectivity index (χ3v) is 3.57. The van der Waals surface area contributed by atoms with Gasteiger partial charge in [0, 0.05) is 6.42 Å². The van der Waals surface area contributed by atoms with Crippen LogP contribution in [0.15, 0.2) is 29.2 Å². The third kappa shape index (κ3) is 6.66. The number of rotatable bonds is 5. The summed E-state index contributed by atoms with van der Waals surface area (Å²) in [6.07, 6.45) is -0.981. The molecule has 0 spiro atoms. The Hall–Kier alpha value is -2.13. The van der Waals surface area contributed by atoms with Gasteiger partial charge in [-0.15, -0.1) is 0 Å². The van der Waals surface area contributed by atoms with Gasteiger partial charge < -0.3 is 15.2 Å². The van der Waals surface area contributed by atoms with E-state index < -0.39 is 33.7 Å². The predicted molar refractivity (Wildman–Crippen MR) is 82.3 cm³/mol. The third-order valence-electron chi connectivity index (χ3n) is 2.66. The van der Waals surface area contributed by atoms with Gasteiger partial charge in [0.15, 0.2) is 0 Å². The summed E-state index contributed by atoms with van der Waals surface area (Å²) in [5.74, 6) is -1.27. The number of carboxylic acids is 1. The first-order valence-corrected chi connectivity index (χ1v) is 8.27. The maximum atomic E-state index is 11.7. The van der Waals surface area contributed by atoms with Crippen molar-refractivity contribution in [3.05, 3.63) is 29.8 Å². The number of aliphatic carboxylic acids is 1. The fourth-order valence-electron chi connectivity index (χ4n) is 1.74. The SMILES string of the molecule is CC(C)(C)OC(=O)N[C@@H](Cc1cccc(S(N)(=O)=O)c1)C(=O)O. The molecule has 0 aliphatic rings. The van der Waals surface area contributed by atoms with Gasteiger partial charge in [0.2, 0.25) is 10.0 Å². The normalized spacial score (nSPS) is 13.2. The predicted octanol–water partition coefficient (Wildman–Crippen LogP) is 0.854. The number of carbonyl (C=O) groups excluding carboxylic acids is 1. The molecule has 0 heterocycles. The standard InChI is InChI=1S/C14H20N2O6S/c1-14(2,3)22-13(19)16-11(12(17)18)8-9-5-4-6-10(7-9)23(15,20)21/h4-7,11H,8H2,1-3H3,(H,16,19)(H,17,18)(H2,15,20,21)/t11-/m0/s1. The van der Waals surface area contributed by atoms with E-state index in [1.54, 1.807) is 26.8 Å². The average molecular weight is 344 g/mol. The van der Waals surface area contributed by atoms with Crippen molar-refractivity contribution in [2.45, 2.75) is 43.7 Å². The Morgan fingerprint density at radius 2 is 1.96 bits per heavy atom. The van der Waals surface area contributed by atoms with Crippen LogP contribution in [0.5, 0.6) is 0 Å². The summed E-state index contributed by atoms with van der Waals surface area (Å²) in [5.41, 5.74) is -0.360. The minimum Gasteiger partial charge on any atom is -0.480 e. The van der Waals surface area contributed by atoms with E-state index in [4.69, 9.17) is 9.88 Å². The number of hydrogen-bond donors (Lipinski definition) is 3. The molecular weight excluding hydrogens is 324 g/mol. The monoisotopic (exact) mass is 344 g/mol. The van der Waals surface area contributed by atoms with E-state index in [0.717, 1.165) is 0 Å². The van der Waals surface area contributed by atoms with Gasteiger partial charge in [-0.3, -0.25) is 0 Å². The molecule has 1 rings (SSSR count). The molecule has 1 amide bonds. The lowest BCUT2D eigenvalue weighted by atomic mass is 10.1. The quantitative estimate of drug-likeness (QED) is 0.724. The van der Waals surface area contributed by atoms with Crippen LogP contribution in [0.2, 0.25) is 0 Å². The van der Waals surface area contributed by atoms with E-state index >= 15 is 0 Å². The van der Waals surface area contributed by atoms with Crippen LogP contribution in [-0.2, 0) is 26.0 Å². The Labute approximate surface area is 134 Å². The van der Waals surface area contributed by atoms with Crippen LogP contribution >= 0.6 is 0 Å². The Balaban J connectivity index is 2.89. The van der Waals surface area contributed by atoms with Crippen LogP contribution in [0.3, 0.4) is 0 Å². The van der Waals surface area contributed by atoms with E-state index in [-0.39, 0.29) is 11.3 Å². The topological polar surface area (TPSA) is 136 Å². The molecule has 0 unspecified atom stereocenters. The number of primary sulfonamides is 1. The molecule has 1 aromatic rings. The molecule has 128 valence electrons. The first kappa shape index (κ1) is 18.9. The summed E-state index contributed by atoms with van der Waals surface area (Å²) in [5, 5.41) is 16.5. The molecule has 0 aliphatic carbocycles. The fourth-order valence-corrected chi connectivity index (χ4v) is 2.32. The summed E-state index contributed by atoms with van der Waals surface area (Å²) in [6.45, 7) is 4.95. The highest BCUT2D eigenvalue weighted by atomic mass is 32.2. The Kier molecular flexibility index (Phi) is 5.73. The Bertz CT molecular complexity index is 693. The van der Waals surface area contributed by atoms with Crippen molar-refractivity contribution < 1.29 is 27.9 Å². The molecule has 1 atom stereocenters. The molecular formula is C14H20N2O6S.